The topological polar surface area (TPSA) is 17.1 Å². The van der Waals surface area contributed by atoms with E-state index in [4.69, 9.17) is 11.6 Å². The Morgan fingerprint density at radius 1 is 1.41 bits per heavy atom. The van der Waals surface area contributed by atoms with E-state index >= 15 is 0 Å². The number of alkyl halides is 1. The largest absolute Gasteiger partial charge is 0.298 e. The number of hydrogen-bond donors (Lipinski definition) is 0. The van der Waals surface area contributed by atoms with Gasteiger partial charge in [0.2, 0.25) is 0 Å². The van der Waals surface area contributed by atoms with Crippen molar-refractivity contribution in [1.29, 1.82) is 0 Å². The molecule has 0 N–H and O–H groups in total. The van der Waals surface area contributed by atoms with E-state index in [0.29, 0.717) is 6.42 Å². The van der Waals surface area contributed by atoms with Crippen molar-refractivity contribution in [2.45, 2.75) is 38.9 Å². The average molecular weight is 318 g/mol. The Hall–Kier alpha value is -0.340. The summed E-state index contributed by atoms with van der Waals surface area (Å²) in [6, 6.07) is 5.81. The Balaban J connectivity index is 2.89. The maximum Gasteiger partial charge on any atom is 0.152 e. The van der Waals surface area contributed by atoms with Crippen LogP contribution in [0.15, 0.2) is 18.2 Å². The maximum atomic E-state index is 12.1. The van der Waals surface area contributed by atoms with Crippen molar-refractivity contribution in [3.8, 4) is 0 Å². The molecule has 1 aromatic carbocycles. The smallest absolute Gasteiger partial charge is 0.152 e. The Morgan fingerprint density at radius 3 is 2.47 bits per heavy atom. The lowest BCUT2D eigenvalue weighted by atomic mass is 9.87. The van der Waals surface area contributed by atoms with Gasteiger partial charge >= 0.3 is 0 Å². The molecule has 0 bridgehead atoms. The van der Waals surface area contributed by atoms with E-state index in [1.54, 1.807) is 0 Å². The predicted octanol–water partition coefficient (Wildman–Crippen LogP) is 4.57. The lowest BCUT2D eigenvalue weighted by molar-refractivity contribution is -0.125. The highest BCUT2D eigenvalue weighted by Gasteiger charge is 2.28. The first-order valence-corrected chi connectivity index (χ1v) is 6.95. The number of carbonyl (C=O) groups is 1. The van der Waals surface area contributed by atoms with Crippen molar-refractivity contribution < 1.29 is 4.79 Å². The summed E-state index contributed by atoms with van der Waals surface area (Å²) in [7, 11) is 0. The third kappa shape index (κ3) is 3.82. The summed E-state index contributed by atoms with van der Waals surface area (Å²) in [5, 5.41) is 0.733. The monoisotopic (exact) mass is 316 g/mol. The Labute approximate surface area is 117 Å². The molecule has 0 saturated carbocycles. The van der Waals surface area contributed by atoms with Crippen molar-refractivity contribution in [3.05, 3.63) is 34.3 Å². The molecule has 0 heterocycles. The summed E-state index contributed by atoms with van der Waals surface area (Å²) >= 11 is 9.64. The number of aryl methyl sites for hydroxylation is 1. The van der Waals surface area contributed by atoms with Crippen LogP contribution in [0.2, 0.25) is 5.02 Å². The van der Waals surface area contributed by atoms with Gasteiger partial charge in [0.25, 0.3) is 0 Å². The van der Waals surface area contributed by atoms with Gasteiger partial charge in [0.15, 0.2) is 5.78 Å². The van der Waals surface area contributed by atoms with Gasteiger partial charge in [-0.1, -0.05) is 60.4 Å². The average Bonchev–Trinajstić information content (AvgIpc) is 2.21. The second-order valence-electron chi connectivity index (χ2n) is 5.32. The van der Waals surface area contributed by atoms with Crippen molar-refractivity contribution >= 4 is 33.3 Å². The molecule has 0 amide bonds. The van der Waals surface area contributed by atoms with Gasteiger partial charge in [-0.2, -0.15) is 0 Å². The van der Waals surface area contributed by atoms with Crippen molar-refractivity contribution in [2.75, 3.05) is 0 Å². The van der Waals surface area contributed by atoms with Gasteiger partial charge in [-0.3, -0.25) is 4.79 Å². The SMILES string of the molecule is Cc1cccc(Cl)c1CC(Br)C(=O)C(C)(C)C. The van der Waals surface area contributed by atoms with Crippen molar-refractivity contribution in [3.63, 3.8) is 0 Å². The fourth-order valence-electron chi connectivity index (χ4n) is 1.67. The number of carbonyl (C=O) groups excluding carboxylic acids is 1. The minimum Gasteiger partial charge on any atom is -0.298 e. The van der Waals surface area contributed by atoms with Gasteiger partial charge in [-0.05, 0) is 30.5 Å². The fourth-order valence-corrected chi connectivity index (χ4v) is 2.98. The molecule has 0 aliphatic rings. The zero-order chi connectivity index (χ0) is 13.2. The van der Waals surface area contributed by atoms with Crippen LogP contribution in [0.5, 0.6) is 0 Å². The summed E-state index contributed by atoms with van der Waals surface area (Å²) < 4.78 is 0. The molecule has 1 atom stereocenters. The number of ketones is 1. The highest BCUT2D eigenvalue weighted by molar-refractivity contribution is 9.10. The first-order chi connectivity index (χ1) is 7.73. The van der Waals surface area contributed by atoms with Crippen LogP contribution in [0.3, 0.4) is 0 Å². The maximum absolute atomic E-state index is 12.1. The van der Waals surface area contributed by atoms with Crippen LogP contribution in [0.1, 0.15) is 31.9 Å². The van der Waals surface area contributed by atoms with Crippen LogP contribution in [0.4, 0.5) is 0 Å². The molecule has 0 aliphatic carbocycles. The molecule has 0 radical (unpaired) electrons. The number of hydrogen-bond acceptors (Lipinski definition) is 1. The standard InChI is InChI=1S/C14H18BrClO/c1-9-6-5-7-12(16)10(9)8-11(15)13(17)14(2,3)4/h5-7,11H,8H2,1-4H3. The molecule has 0 fully saturated rings. The predicted molar refractivity (Wildman–Crippen MR) is 77.1 cm³/mol. The van der Waals surface area contributed by atoms with E-state index < -0.39 is 0 Å². The molecule has 0 saturated heterocycles. The molecule has 1 unspecified atom stereocenters. The molecular formula is C14H18BrClO. The summed E-state index contributed by atoms with van der Waals surface area (Å²) in [5.74, 6) is 0.205. The lowest BCUT2D eigenvalue weighted by Crippen LogP contribution is -2.30. The van der Waals surface area contributed by atoms with Gasteiger partial charge in [0.05, 0.1) is 4.83 Å². The van der Waals surface area contributed by atoms with Crippen molar-refractivity contribution in [2.24, 2.45) is 5.41 Å². The van der Waals surface area contributed by atoms with Crippen LogP contribution in [0, 0.1) is 12.3 Å². The van der Waals surface area contributed by atoms with Gasteiger partial charge < -0.3 is 0 Å². The van der Waals surface area contributed by atoms with E-state index in [0.717, 1.165) is 16.1 Å². The molecule has 3 heteroatoms. The highest BCUT2D eigenvalue weighted by Crippen LogP contribution is 2.27. The lowest BCUT2D eigenvalue weighted by Gasteiger charge is -2.21. The minimum absolute atomic E-state index is 0.180. The van der Waals surface area contributed by atoms with E-state index in [-0.39, 0.29) is 16.0 Å². The molecule has 1 aromatic rings. The van der Waals surface area contributed by atoms with Crippen molar-refractivity contribution in [1.82, 2.24) is 0 Å². The Morgan fingerprint density at radius 2 is 2.00 bits per heavy atom. The second-order valence-corrected chi connectivity index (χ2v) is 6.83. The first kappa shape index (κ1) is 14.7. The Kier molecular flexibility index (Phi) is 4.79. The molecule has 94 valence electrons. The number of halogens is 2. The number of Topliss-reactive ketones (excluding diaryl/α,β-unsaturated/α-hetero) is 1. The first-order valence-electron chi connectivity index (χ1n) is 5.66. The zero-order valence-electron chi connectivity index (χ0n) is 10.7. The normalized spacial score (nSPS) is 13.5. The van der Waals surface area contributed by atoms with Crippen LogP contribution in [0.25, 0.3) is 0 Å². The summed E-state index contributed by atoms with van der Waals surface area (Å²) in [6.07, 6.45) is 0.640. The third-order valence-corrected chi connectivity index (χ3v) is 3.85. The van der Waals surface area contributed by atoms with E-state index in [2.05, 4.69) is 15.9 Å². The molecule has 17 heavy (non-hydrogen) atoms. The van der Waals surface area contributed by atoms with Crippen LogP contribution < -0.4 is 0 Å². The van der Waals surface area contributed by atoms with E-state index in [9.17, 15) is 4.79 Å². The van der Waals surface area contributed by atoms with E-state index in [1.807, 2.05) is 45.9 Å². The molecule has 0 aliphatic heterocycles. The molecule has 0 spiro atoms. The minimum atomic E-state index is -0.330. The zero-order valence-corrected chi connectivity index (χ0v) is 13.0. The highest BCUT2D eigenvalue weighted by atomic mass is 79.9. The number of rotatable bonds is 3. The van der Waals surface area contributed by atoms with Gasteiger partial charge in [0.1, 0.15) is 0 Å². The second kappa shape index (κ2) is 5.53. The van der Waals surface area contributed by atoms with Crippen LogP contribution in [-0.4, -0.2) is 10.6 Å². The van der Waals surface area contributed by atoms with Gasteiger partial charge in [-0.25, -0.2) is 0 Å². The van der Waals surface area contributed by atoms with Crippen LogP contribution in [-0.2, 0) is 11.2 Å². The summed E-state index contributed by atoms with van der Waals surface area (Å²) in [4.78, 5) is 11.9. The Bertz CT molecular complexity index is 400. The number of benzene rings is 1. The molecule has 1 rings (SSSR count). The molecule has 0 aromatic heterocycles. The van der Waals surface area contributed by atoms with Gasteiger partial charge in [-0.15, -0.1) is 0 Å². The van der Waals surface area contributed by atoms with E-state index in [1.165, 1.54) is 0 Å². The third-order valence-electron chi connectivity index (χ3n) is 2.76. The van der Waals surface area contributed by atoms with Gasteiger partial charge in [0, 0.05) is 10.4 Å². The fraction of sp³-hybridized carbons (Fsp3) is 0.500. The molecule has 1 nitrogen and oxygen atoms in total. The summed E-state index contributed by atoms with van der Waals surface area (Å²) in [5.41, 5.74) is 1.85. The summed E-state index contributed by atoms with van der Waals surface area (Å²) in [6.45, 7) is 7.82. The molecular weight excluding hydrogens is 300 g/mol. The quantitative estimate of drug-likeness (QED) is 0.746. The van der Waals surface area contributed by atoms with Crippen LogP contribution >= 0.6 is 27.5 Å².